The molecule has 2 fully saturated rings. The second kappa shape index (κ2) is 12.2. The summed E-state index contributed by atoms with van der Waals surface area (Å²) in [6.07, 6.45) is 0.285. The van der Waals surface area contributed by atoms with E-state index in [0.29, 0.717) is 50.3 Å². The van der Waals surface area contributed by atoms with Gasteiger partial charge in [0.25, 0.3) is 5.91 Å². The molecule has 2 aromatic rings. The summed E-state index contributed by atoms with van der Waals surface area (Å²) in [4.78, 5) is 29.0. The lowest BCUT2D eigenvalue weighted by molar-refractivity contribution is -0.143. The van der Waals surface area contributed by atoms with Gasteiger partial charge in [-0.2, -0.15) is 13.2 Å². The monoisotopic (exact) mass is 579 g/mol. The number of amides is 1. The summed E-state index contributed by atoms with van der Waals surface area (Å²) in [6, 6.07) is 4.63. The Kier molecular flexibility index (Phi) is 9.16. The SMILES string of the molecule is CC(C)(C#Cc1nc(Cl)n(Cc2ccc(C(F)(F)F)cc2)c1C(=O)NC[C@H]1CC[C@H](C(=O)O)CC1)OCC1CC1. The zero-order valence-corrected chi connectivity index (χ0v) is 23.2. The van der Waals surface area contributed by atoms with Gasteiger partial charge in [0.15, 0.2) is 0 Å². The first-order chi connectivity index (χ1) is 18.8. The molecular formula is C29H33ClF3N3O4. The molecule has 0 spiro atoms. The first-order valence-corrected chi connectivity index (χ1v) is 13.8. The van der Waals surface area contributed by atoms with Crippen molar-refractivity contribution in [1.29, 1.82) is 0 Å². The minimum absolute atomic E-state index is 0.0136. The fourth-order valence-corrected chi connectivity index (χ4v) is 4.89. The standard InChI is InChI=1S/C29H33ClF3N3O4/c1-28(2,40-17-20-3-4-20)14-13-23-24(25(37)34-15-18-5-9-21(10-6-18)26(38)39)36(27(30)35-23)16-19-7-11-22(12-8-19)29(31,32)33/h7-8,11-12,18,20-21H,3-6,9-10,15-17H2,1-2H3,(H,34,37)(H,38,39)/t18-,21-. The Balaban J connectivity index is 1.55. The van der Waals surface area contributed by atoms with E-state index in [9.17, 15) is 27.9 Å². The summed E-state index contributed by atoms with van der Waals surface area (Å²) in [7, 11) is 0. The van der Waals surface area contributed by atoms with Crippen molar-refractivity contribution in [1.82, 2.24) is 14.9 Å². The number of hydrogen-bond acceptors (Lipinski definition) is 4. The van der Waals surface area contributed by atoms with E-state index in [-0.39, 0.29) is 35.1 Å². The smallest absolute Gasteiger partial charge is 0.416 e. The maximum atomic E-state index is 13.5. The second-order valence-corrected chi connectivity index (χ2v) is 11.5. The number of halogens is 4. The van der Waals surface area contributed by atoms with Crippen LogP contribution in [0.4, 0.5) is 13.2 Å². The average molecular weight is 580 g/mol. The van der Waals surface area contributed by atoms with Gasteiger partial charge >= 0.3 is 12.1 Å². The van der Waals surface area contributed by atoms with Gasteiger partial charge in [-0.25, -0.2) is 4.98 Å². The molecule has 2 saturated carbocycles. The summed E-state index contributed by atoms with van der Waals surface area (Å²) >= 11 is 6.44. The molecule has 2 aliphatic rings. The Hall–Kier alpha value is -3.03. The number of aliphatic carboxylic acids is 1. The van der Waals surface area contributed by atoms with Gasteiger partial charge < -0.3 is 19.7 Å². The summed E-state index contributed by atoms with van der Waals surface area (Å²) in [5, 5.41) is 12.1. The number of carboxylic acid groups (broad SMARTS) is 1. The lowest BCUT2D eigenvalue weighted by atomic mass is 9.82. The number of carboxylic acids is 1. The van der Waals surface area contributed by atoms with Crippen LogP contribution in [-0.4, -0.2) is 45.3 Å². The molecule has 1 aromatic carbocycles. The zero-order valence-electron chi connectivity index (χ0n) is 22.5. The molecule has 1 heterocycles. The van der Waals surface area contributed by atoms with E-state index in [1.807, 2.05) is 13.8 Å². The maximum absolute atomic E-state index is 13.5. The van der Waals surface area contributed by atoms with Crippen molar-refractivity contribution in [2.24, 2.45) is 17.8 Å². The van der Waals surface area contributed by atoms with Crippen LogP contribution in [-0.2, 0) is 22.3 Å². The van der Waals surface area contributed by atoms with E-state index in [1.54, 1.807) is 0 Å². The summed E-state index contributed by atoms with van der Waals surface area (Å²) in [6.45, 7) is 4.62. The largest absolute Gasteiger partial charge is 0.481 e. The van der Waals surface area contributed by atoms with Gasteiger partial charge in [0.2, 0.25) is 5.28 Å². The Labute approximate surface area is 236 Å². The molecule has 0 bridgehead atoms. The van der Waals surface area contributed by atoms with Gasteiger partial charge in [0.1, 0.15) is 17.0 Å². The maximum Gasteiger partial charge on any atom is 0.416 e. The predicted octanol–water partition coefficient (Wildman–Crippen LogP) is 5.78. The molecule has 7 nitrogen and oxygen atoms in total. The Morgan fingerprint density at radius 1 is 1.10 bits per heavy atom. The van der Waals surface area contributed by atoms with Crippen LogP contribution in [0.25, 0.3) is 0 Å². The molecule has 0 atom stereocenters. The first kappa shape index (κ1) is 29.9. The van der Waals surface area contributed by atoms with Gasteiger partial charge in [-0.05, 0) is 99.4 Å². The van der Waals surface area contributed by atoms with Crippen LogP contribution in [0.2, 0.25) is 5.28 Å². The highest BCUT2D eigenvalue weighted by molar-refractivity contribution is 6.29. The molecule has 40 heavy (non-hydrogen) atoms. The third-order valence-electron chi connectivity index (χ3n) is 7.36. The van der Waals surface area contributed by atoms with Crippen LogP contribution in [0.3, 0.4) is 0 Å². The first-order valence-electron chi connectivity index (χ1n) is 13.4. The highest BCUT2D eigenvalue weighted by Gasteiger charge is 2.31. The van der Waals surface area contributed by atoms with Gasteiger partial charge in [0.05, 0.1) is 24.6 Å². The molecule has 0 saturated heterocycles. The van der Waals surface area contributed by atoms with Gasteiger partial charge in [-0.1, -0.05) is 18.1 Å². The van der Waals surface area contributed by atoms with Gasteiger partial charge in [-0.3, -0.25) is 9.59 Å². The normalized spacial score (nSPS) is 19.6. The number of imidazole rings is 1. The molecule has 1 aromatic heterocycles. The van der Waals surface area contributed by atoms with Gasteiger partial charge in [0, 0.05) is 6.54 Å². The molecule has 11 heteroatoms. The molecule has 0 unspecified atom stereocenters. The second-order valence-electron chi connectivity index (χ2n) is 11.1. The number of rotatable bonds is 9. The number of nitrogens with one attached hydrogen (secondary N) is 1. The summed E-state index contributed by atoms with van der Waals surface area (Å²) < 4.78 is 46.4. The van der Waals surface area contributed by atoms with E-state index in [1.165, 1.54) is 16.7 Å². The van der Waals surface area contributed by atoms with Crippen LogP contribution in [0.1, 0.15) is 79.7 Å². The number of carbonyl (C=O) groups is 2. The van der Waals surface area contributed by atoms with Crippen molar-refractivity contribution < 1.29 is 32.6 Å². The van der Waals surface area contributed by atoms with Crippen molar-refractivity contribution in [2.45, 2.75) is 70.7 Å². The van der Waals surface area contributed by atoms with Crippen LogP contribution in [0.5, 0.6) is 0 Å². The number of ether oxygens (including phenoxy) is 1. The lowest BCUT2D eigenvalue weighted by Gasteiger charge is -2.26. The number of alkyl halides is 3. The quantitative estimate of drug-likeness (QED) is 0.367. The fraction of sp³-hybridized carbons (Fsp3) is 0.552. The van der Waals surface area contributed by atoms with Crippen LogP contribution in [0, 0.1) is 29.6 Å². The van der Waals surface area contributed by atoms with Gasteiger partial charge in [-0.15, -0.1) is 0 Å². The molecule has 1 amide bonds. The van der Waals surface area contributed by atoms with E-state index in [4.69, 9.17) is 16.3 Å². The Morgan fingerprint density at radius 2 is 1.73 bits per heavy atom. The minimum Gasteiger partial charge on any atom is -0.481 e. The van der Waals surface area contributed by atoms with E-state index < -0.39 is 29.2 Å². The van der Waals surface area contributed by atoms with Crippen molar-refractivity contribution in [3.05, 3.63) is 52.1 Å². The molecule has 0 radical (unpaired) electrons. The topological polar surface area (TPSA) is 93.5 Å². The molecule has 2 N–H and O–H groups in total. The van der Waals surface area contributed by atoms with Crippen molar-refractivity contribution in [3.8, 4) is 11.8 Å². The minimum atomic E-state index is -4.46. The fourth-order valence-electron chi connectivity index (χ4n) is 4.66. The zero-order chi connectivity index (χ0) is 29.1. The van der Waals surface area contributed by atoms with E-state index in [2.05, 4.69) is 22.1 Å². The van der Waals surface area contributed by atoms with Crippen LogP contribution < -0.4 is 5.32 Å². The van der Waals surface area contributed by atoms with Crippen LogP contribution >= 0.6 is 11.6 Å². The highest BCUT2D eigenvalue weighted by Crippen LogP contribution is 2.31. The molecular weight excluding hydrogens is 547 g/mol. The molecule has 0 aliphatic heterocycles. The van der Waals surface area contributed by atoms with Crippen molar-refractivity contribution in [3.63, 3.8) is 0 Å². The van der Waals surface area contributed by atoms with E-state index in [0.717, 1.165) is 25.0 Å². The van der Waals surface area contributed by atoms with E-state index >= 15 is 0 Å². The summed E-state index contributed by atoms with van der Waals surface area (Å²) in [5.41, 5.74) is -0.811. The van der Waals surface area contributed by atoms with Crippen molar-refractivity contribution in [2.75, 3.05) is 13.2 Å². The molecule has 2 aliphatic carbocycles. The predicted molar refractivity (Wildman–Crippen MR) is 143 cm³/mol. The lowest BCUT2D eigenvalue weighted by Crippen LogP contribution is -2.34. The number of nitrogens with zero attached hydrogens (tertiary/aromatic N) is 2. The van der Waals surface area contributed by atoms with Crippen LogP contribution in [0.15, 0.2) is 24.3 Å². The number of benzene rings is 1. The highest BCUT2D eigenvalue weighted by atomic mass is 35.5. The molecule has 216 valence electrons. The Bertz CT molecular complexity index is 1280. The number of aromatic nitrogens is 2. The third-order valence-corrected chi connectivity index (χ3v) is 7.65. The number of carbonyl (C=O) groups excluding carboxylic acids is 1. The Morgan fingerprint density at radius 3 is 2.30 bits per heavy atom. The van der Waals surface area contributed by atoms with Crippen molar-refractivity contribution >= 4 is 23.5 Å². The number of hydrogen-bond donors (Lipinski definition) is 2. The third kappa shape index (κ3) is 8.01. The summed E-state index contributed by atoms with van der Waals surface area (Å²) in [5.74, 6) is 5.04. The average Bonchev–Trinajstić information content (AvgIpc) is 3.68. The molecule has 4 rings (SSSR count).